The molecule has 2 fully saturated rings. The fraction of sp³-hybridized carbons (Fsp3) is 0.857. The van der Waals surface area contributed by atoms with Crippen LogP contribution in [0.5, 0.6) is 0 Å². The van der Waals surface area contributed by atoms with Crippen LogP contribution in [-0.2, 0) is 4.79 Å². The van der Waals surface area contributed by atoms with Crippen molar-refractivity contribution in [3.8, 4) is 6.07 Å². The molecule has 1 heterocycles. The number of likely N-dealkylation sites (tertiary alicyclic amines) is 1. The number of hydrogen-bond donors (Lipinski definition) is 0. The van der Waals surface area contributed by atoms with E-state index >= 15 is 0 Å². The van der Waals surface area contributed by atoms with Crippen molar-refractivity contribution in [1.29, 1.82) is 5.26 Å². The molecule has 0 bridgehead atoms. The molecule has 0 radical (unpaired) electrons. The van der Waals surface area contributed by atoms with Crippen molar-refractivity contribution in [3.63, 3.8) is 0 Å². The molecule has 0 aromatic rings. The van der Waals surface area contributed by atoms with Crippen LogP contribution in [0.15, 0.2) is 0 Å². The highest BCUT2D eigenvalue weighted by atomic mass is 16.2. The van der Waals surface area contributed by atoms with E-state index in [4.69, 9.17) is 0 Å². The van der Waals surface area contributed by atoms with Crippen LogP contribution in [0, 0.1) is 28.6 Å². The smallest absolute Gasteiger partial charge is 0.243 e. The molecule has 0 spiro atoms. The van der Waals surface area contributed by atoms with Gasteiger partial charge in [0.2, 0.25) is 5.91 Å². The molecule has 1 saturated carbocycles. The summed E-state index contributed by atoms with van der Waals surface area (Å²) in [5.74, 6) is 1.31. The lowest BCUT2D eigenvalue weighted by Gasteiger charge is -2.41. The molecular formula is C14H22N2O. The first kappa shape index (κ1) is 12.4. The molecule has 1 atom stereocenters. The maximum atomic E-state index is 12.4. The molecule has 1 aliphatic heterocycles. The number of carbonyl (C=O) groups excluding carboxylic acids is 1. The predicted octanol–water partition coefficient (Wildman–Crippen LogP) is 2.57. The summed E-state index contributed by atoms with van der Waals surface area (Å²) in [5.41, 5.74) is -0.666. The Labute approximate surface area is 104 Å². The number of nitriles is 1. The summed E-state index contributed by atoms with van der Waals surface area (Å²) in [6.07, 6.45) is 5.04. The van der Waals surface area contributed by atoms with E-state index < -0.39 is 5.41 Å². The van der Waals surface area contributed by atoms with E-state index in [1.165, 1.54) is 12.8 Å². The summed E-state index contributed by atoms with van der Waals surface area (Å²) in [6.45, 7) is 6.05. The summed E-state index contributed by atoms with van der Waals surface area (Å²) in [7, 11) is 0. The standard InChI is InChI=1S/C14H22N2O/c1-3-4-12-5-6-16(9-12)13(17)14(10-15)7-11(2)8-14/h11-12H,3-9H2,1-2H3. The Bertz CT molecular complexity index is 339. The topological polar surface area (TPSA) is 44.1 Å². The second kappa shape index (κ2) is 4.68. The summed E-state index contributed by atoms with van der Waals surface area (Å²) in [6, 6.07) is 2.28. The Kier molecular flexibility index (Phi) is 3.42. The maximum Gasteiger partial charge on any atom is 0.243 e. The Morgan fingerprint density at radius 3 is 2.76 bits per heavy atom. The van der Waals surface area contributed by atoms with Gasteiger partial charge in [-0.25, -0.2) is 0 Å². The van der Waals surface area contributed by atoms with E-state index in [0.717, 1.165) is 32.4 Å². The average molecular weight is 234 g/mol. The van der Waals surface area contributed by atoms with Crippen LogP contribution in [0.1, 0.15) is 46.0 Å². The van der Waals surface area contributed by atoms with Gasteiger partial charge in [-0.05, 0) is 37.5 Å². The van der Waals surface area contributed by atoms with Crippen LogP contribution in [-0.4, -0.2) is 23.9 Å². The van der Waals surface area contributed by atoms with Crippen LogP contribution >= 0.6 is 0 Å². The van der Waals surface area contributed by atoms with Gasteiger partial charge in [0.25, 0.3) is 0 Å². The molecular weight excluding hydrogens is 212 g/mol. The summed E-state index contributed by atoms with van der Waals surface area (Å²) < 4.78 is 0. The molecule has 0 N–H and O–H groups in total. The first-order valence-corrected chi connectivity index (χ1v) is 6.82. The van der Waals surface area contributed by atoms with Crippen LogP contribution in [0.3, 0.4) is 0 Å². The van der Waals surface area contributed by atoms with E-state index in [1.54, 1.807) is 0 Å². The molecule has 1 amide bonds. The third-order valence-corrected chi connectivity index (χ3v) is 4.29. The Balaban J connectivity index is 1.95. The molecule has 94 valence electrons. The second-order valence-electron chi connectivity index (χ2n) is 5.90. The quantitative estimate of drug-likeness (QED) is 0.753. The minimum absolute atomic E-state index is 0.108. The number of hydrogen-bond acceptors (Lipinski definition) is 2. The molecule has 0 aromatic heterocycles. The van der Waals surface area contributed by atoms with Gasteiger partial charge in [-0.3, -0.25) is 4.79 Å². The first-order chi connectivity index (χ1) is 8.11. The predicted molar refractivity (Wildman–Crippen MR) is 66.0 cm³/mol. The zero-order chi connectivity index (χ0) is 12.5. The van der Waals surface area contributed by atoms with Crippen LogP contribution in [0.2, 0.25) is 0 Å². The van der Waals surface area contributed by atoms with Gasteiger partial charge in [0.1, 0.15) is 5.41 Å². The molecule has 17 heavy (non-hydrogen) atoms. The zero-order valence-electron chi connectivity index (χ0n) is 10.9. The number of amides is 1. The van der Waals surface area contributed by atoms with Crippen molar-refractivity contribution in [2.24, 2.45) is 17.3 Å². The van der Waals surface area contributed by atoms with Gasteiger partial charge in [-0.15, -0.1) is 0 Å². The molecule has 0 aromatic carbocycles. The third-order valence-electron chi connectivity index (χ3n) is 4.29. The number of nitrogens with zero attached hydrogens (tertiary/aromatic N) is 2. The van der Waals surface area contributed by atoms with Gasteiger partial charge in [0, 0.05) is 13.1 Å². The molecule has 1 unspecified atom stereocenters. The van der Waals surface area contributed by atoms with E-state index in [-0.39, 0.29) is 5.91 Å². The van der Waals surface area contributed by atoms with Crippen molar-refractivity contribution in [3.05, 3.63) is 0 Å². The minimum atomic E-state index is -0.666. The Hall–Kier alpha value is -1.04. The fourth-order valence-corrected chi connectivity index (χ4v) is 3.41. The molecule has 2 aliphatic rings. The Morgan fingerprint density at radius 2 is 2.24 bits per heavy atom. The van der Waals surface area contributed by atoms with E-state index in [9.17, 15) is 10.1 Å². The molecule has 3 heteroatoms. The minimum Gasteiger partial charge on any atom is -0.341 e. The van der Waals surface area contributed by atoms with Crippen LogP contribution in [0.25, 0.3) is 0 Å². The molecule has 2 rings (SSSR count). The number of carbonyl (C=O) groups is 1. The van der Waals surface area contributed by atoms with E-state index in [1.807, 2.05) is 4.90 Å². The van der Waals surface area contributed by atoms with Crippen molar-refractivity contribution in [2.75, 3.05) is 13.1 Å². The van der Waals surface area contributed by atoms with Crippen LogP contribution < -0.4 is 0 Å². The van der Waals surface area contributed by atoms with Gasteiger partial charge in [-0.1, -0.05) is 20.3 Å². The number of rotatable bonds is 3. The molecule has 3 nitrogen and oxygen atoms in total. The molecule has 1 saturated heterocycles. The van der Waals surface area contributed by atoms with E-state index in [2.05, 4.69) is 19.9 Å². The van der Waals surface area contributed by atoms with Gasteiger partial charge in [0.05, 0.1) is 6.07 Å². The highest BCUT2D eigenvalue weighted by molar-refractivity contribution is 5.86. The fourth-order valence-electron chi connectivity index (χ4n) is 3.41. The molecule has 1 aliphatic carbocycles. The lowest BCUT2D eigenvalue weighted by molar-refractivity contribution is -0.144. The van der Waals surface area contributed by atoms with Crippen molar-refractivity contribution in [1.82, 2.24) is 4.90 Å². The van der Waals surface area contributed by atoms with Gasteiger partial charge in [0.15, 0.2) is 0 Å². The van der Waals surface area contributed by atoms with Crippen molar-refractivity contribution in [2.45, 2.75) is 46.0 Å². The Morgan fingerprint density at radius 1 is 1.53 bits per heavy atom. The summed E-state index contributed by atoms with van der Waals surface area (Å²) in [4.78, 5) is 14.3. The highest BCUT2D eigenvalue weighted by Gasteiger charge is 2.51. The normalized spacial score (nSPS) is 36.4. The lowest BCUT2D eigenvalue weighted by atomic mass is 9.63. The van der Waals surface area contributed by atoms with Crippen molar-refractivity contribution < 1.29 is 4.79 Å². The third kappa shape index (κ3) is 2.18. The van der Waals surface area contributed by atoms with E-state index in [0.29, 0.717) is 11.8 Å². The summed E-state index contributed by atoms with van der Waals surface area (Å²) in [5, 5.41) is 9.26. The van der Waals surface area contributed by atoms with Gasteiger partial charge < -0.3 is 4.90 Å². The monoisotopic (exact) mass is 234 g/mol. The maximum absolute atomic E-state index is 12.4. The van der Waals surface area contributed by atoms with Crippen molar-refractivity contribution >= 4 is 5.91 Å². The largest absolute Gasteiger partial charge is 0.341 e. The lowest BCUT2D eigenvalue weighted by Crippen LogP contribution is -2.49. The zero-order valence-corrected chi connectivity index (χ0v) is 10.9. The van der Waals surface area contributed by atoms with Crippen LogP contribution in [0.4, 0.5) is 0 Å². The second-order valence-corrected chi connectivity index (χ2v) is 5.90. The average Bonchev–Trinajstić information content (AvgIpc) is 2.72. The SMILES string of the molecule is CCCC1CCN(C(=O)C2(C#N)CC(C)C2)C1. The van der Waals surface area contributed by atoms with Gasteiger partial charge >= 0.3 is 0 Å². The summed E-state index contributed by atoms with van der Waals surface area (Å²) >= 11 is 0. The first-order valence-electron chi connectivity index (χ1n) is 6.82. The van der Waals surface area contributed by atoms with Gasteiger partial charge in [-0.2, -0.15) is 5.26 Å². The highest BCUT2D eigenvalue weighted by Crippen LogP contribution is 2.46.